The van der Waals surface area contributed by atoms with Gasteiger partial charge in [0.05, 0.1) is 13.2 Å². The van der Waals surface area contributed by atoms with E-state index in [-0.39, 0.29) is 5.91 Å². The van der Waals surface area contributed by atoms with Gasteiger partial charge in [-0.05, 0) is 55.5 Å². The number of hydrogen-bond donors (Lipinski definition) is 1. The number of carbonyl (C=O) groups excluding carboxylic acids is 1. The third-order valence-corrected chi connectivity index (χ3v) is 5.43. The van der Waals surface area contributed by atoms with Crippen molar-refractivity contribution in [3.05, 3.63) is 53.4 Å². The van der Waals surface area contributed by atoms with Gasteiger partial charge in [0, 0.05) is 12.2 Å². The number of rotatable bonds is 7. The second-order valence-corrected chi connectivity index (χ2v) is 7.46. The topological polar surface area (TPSA) is 56.2 Å². The highest BCUT2D eigenvalue weighted by molar-refractivity contribution is 5.93. The smallest absolute Gasteiger partial charge is 0.272 e. The summed E-state index contributed by atoms with van der Waals surface area (Å²) in [7, 11) is 1.66. The largest absolute Gasteiger partial charge is 0.497 e. The van der Waals surface area contributed by atoms with E-state index in [1.165, 1.54) is 19.3 Å². The van der Waals surface area contributed by atoms with E-state index in [9.17, 15) is 4.79 Å². The molecule has 1 fully saturated rings. The van der Waals surface area contributed by atoms with Gasteiger partial charge in [0.2, 0.25) is 0 Å². The minimum absolute atomic E-state index is 0.117. The molecule has 1 aliphatic rings. The SMILES string of the molecule is CC/C=C(\CNC(=O)c1cc(C)n(C2CCCCC2)n1)c1ccc(OC)cc1. The number of aromatic nitrogens is 2. The van der Waals surface area contributed by atoms with Crippen molar-refractivity contribution in [3.63, 3.8) is 0 Å². The van der Waals surface area contributed by atoms with Crippen LogP contribution in [0.2, 0.25) is 0 Å². The van der Waals surface area contributed by atoms with E-state index in [0.717, 1.165) is 41.8 Å². The van der Waals surface area contributed by atoms with Crippen molar-refractivity contribution < 1.29 is 9.53 Å². The van der Waals surface area contributed by atoms with Crippen molar-refractivity contribution in [1.29, 1.82) is 0 Å². The van der Waals surface area contributed by atoms with Crippen LogP contribution in [0, 0.1) is 6.92 Å². The Balaban J connectivity index is 1.66. The van der Waals surface area contributed by atoms with E-state index >= 15 is 0 Å². The van der Waals surface area contributed by atoms with E-state index in [1.54, 1.807) is 7.11 Å². The van der Waals surface area contributed by atoms with E-state index in [4.69, 9.17) is 4.74 Å². The highest BCUT2D eigenvalue weighted by Gasteiger charge is 2.20. The van der Waals surface area contributed by atoms with E-state index in [1.807, 2.05) is 37.3 Å². The third kappa shape index (κ3) is 4.83. The molecule has 5 heteroatoms. The Kier molecular flexibility index (Phi) is 6.90. The zero-order valence-electron chi connectivity index (χ0n) is 17.2. The zero-order valence-corrected chi connectivity index (χ0v) is 17.2. The van der Waals surface area contributed by atoms with Crippen LogP contribution in [0.3, 0.4) is 0 Å². The molecule has 1 amide bonds. The normalized spacial score (nSPS) is 15.5. The van der Waals surface area contributed by atoms with Gasteiger partial charge in [-0.3, -0.25) is 9.48 Å². The van der Waals surface area contributed by atoms with Crippen molar-refractivity contribution in [2.24, 2.45) is 0 Å². The van der Waals surface area contributed by atoms with Crippen LogP contribution in [0.25, 0.3) is 5.57 Å². The number of hydrogen-bond acceptors (Lipinski definition) is 3. The van der Waals surface area contributed by atoms with Gasteiger partial charge in [0.1, 0.15) is 11.4 Å². The molecule has 0 aliphatic heterocycles. The monoisotopic (exact) mass is 381 g/mol. The summed E-state index contributed by atoms with van der Waals surface area (Å²) in [5, 5.41) is 7.66. The predicted octanol–water partition coefficient (Wildman–Crippen LogP) is 4.93. The lowest BCUT2D eigenvalue weighted by Gasteiger charge is -2.23. The molecule has 1 aliphatic carbocycles. The number of allylic oxidation sites excluding steroid dienone is 1. The quantitative estimate of drug-likeness (QED) is 0.740. The van der Waals surface area contributed by atoms with Crippen LogP contribution in [0.1, 0.15) is 73.2 Å². The number of benzene rings is 1. The minimum Gasteiger partial charge on any atom is -0.497 e. The molecule has 150 valence electrons. The Bertz CT molecular complexity index is 815. The standard InChI is InChI=1S/C23H31N3O2/c1-4-8-19(18-11-13-21(28-3)14-12-18)16-24-23(27)22-15-17(2)26(25-22)20-9-6-5-7-10-20/h8,11-15,20H,4-7,9-10,16H2,1-3H3,(H,24,27)/b19-8+. The van der Waals surface area contributed by atoms with Crippen LogP contribution in [0.5, 0.6) is 5.75 Å². The summed E-state index contributed by atoms with van der Waals surface area (Å²) in [6.45, 7) is 4.62. The Morgan fingerprint density at radius 1 is 1.25 bits per heavy atom. The van der Waals surface area contributed by atoms with Gasteiger partial charge in [-0.1, -0.05) is 44.4 Å². The summed E-state index contributed by atoms with van der Waals surface area (Å²) >= 11 is 0. The van der Waals surface area contributed by atoms with Crippen LogP contribution in [0.15, 0.2) is 36.4 Å². The van der Waals surface area contributed by atoms with Gasteiger partial charge in [0.25, 0.3) is 5.91 Å². The van der Waals surface area contributed by atoms with Gasteiger partial charge < -0.3 is 10.1 Å². The molecule has 0 radical (unpaired) electrons. The molecule has 28 heavy (non-hydrogen) atoms. The molecular formula is C23H31N3O2. The lowest BCUT2D eigenvalue weighted by Crippen LogP contribution is -2.26. The molecule has 3 rings (SSSR count). The zero-order chi connectivity index (χ0) is 19.9. The molecule has 0 saturated heterocycles. The Morgan fingerprint density at radius 3 is 2.61 bits per heavy atom. The molecule has 1 aromatic carbocycles. The molecular weight excluding hydrogens is 350 g/mol. The van der Waals surface area contributed by atoms with Crippen LogP contribution < -0.4 is 10.1 Å². The van der Waals surface area contributed by atoms with Gasteiger partial charge in [-0.2, -0.15) is 5.10 Å². The number of methoxy groups -OCH3 is 1. The summed E-state index contributed by atoms with van der Waals surface area (Å²) in [6, 6.07) is 10.3. The highest BCUT2D eigenvalue weighted by atomic mass is 16.5. The molecule has 0 spiro atoms. The number of aryl methyl sites for hydroxylation is 1. The summed E-state index contributed by atoms with van der Waals surface area (Å²) in [4.78, 5) is 12.7. The van der Waals surface area contributed by atoms with Crippen molar-refractivity contribution in [3.8, 4) is 5.75 Å². The summed E-state index contributed by atoms with van der Waals surface area (Å²) in [6.07, 6.45) is 9.18. The average Bonchev–Trinajstić information content (AvgIpc) is 3.13. The first-order valence-corrected chi connectivity index (χ1v) is 10.3. The lowest BCUT2D eigenvalue weighted by molar-refractivity contribution is 0.0952. The van der Waals surface area contributed by atoms with E-state index < -0.39 is 0 Å². The van der Waals surface area contributed by atoms with Gasteiger partial charge >= 0.3 is 0 Å². The maximum atomic E-state index is 12.7. The second kappa shape index (κ2) is 9.58. The lowest BCUT2D eigenvalue weighted by atomic mass is 9.95. The predicted molar refractivity (Wildman–Crippen MR) is 113 cm³/mol. The van der Waals surface area contributed by atoms with Crippen LogP contribution >= 0.6 is 0 Å². The van der Waals surface area contributed by atoms with Crippen molar-refractivity contribution >= 4 is 11.5 Å². The molecule has 0 bridgehead atoms. The van der Waals surface area contributed by atoms with Gasteiger partial charge in [-0.15, -0.1) is 0 Å². The van der Waals surface area contributed by atoms with E-state index in [2.05, 4.69) is 28.1 Å². The fraction of sp³-hybridized carbons (Fsp3) is 0.478. The molecule has 5 nitrogen and oxygen atoms in total. The summed E-state index contributed by atoms with van der Waals surface area (Å²) in [5.74, 6) is 0.709. The maximum absolute atomic E-state index is 12.7. The highest BCUT2D eigenvalue weighted by Crippen LogP contribution is 2.28. The Labute approximate surface area is 167 Å². The molecule has 1 N–H and O–H groups in total. The maximum Gasteiger partial charge on any atom is 0.272 e. The fourth-order valence-corrected chi connectivity index (χ4v) is 3.90. The number of nitrogens with one attached hydrogen (secondary N) is 1. The van der Waals surface area contributed by atoms with Crippen LogP contribution in [-0.2, 0) is 0 Å². The molecule has 0 unspecified atom stereocenters. The molecule has 1 saturated carbocycles. The Morgan fingerprint density at radius 2 is 1.96 bits per heavy atom. The molecule has 2 aromatic rings. The van der Waals surface area contributed by atoms with Crippen molar-refractivity contribution in [1.82, 2.24) is 15.1 Å². The van der Waals surface area contributed by atoms with E-state index in [0.29, 0.717) is 18.3 Å². The number of carbonyl (C=O) groups is 1. The van der Waals surface area contributed by atoms with Gasteiger partial charge in [0.15, 0.2) is 0 Å². The minimum atomic E-state index is -0.117. The molecule has 1 heterocycles. The van der Waals surface area contributed by atoms with Crippen LogP contribution in [0.4, 0.5) is 0 Å². The first-order valence-electron chi connectivity index (χ1n) is 10.3. The fourth-order valence-electron chi connectivity index (χ4n) is 3.90. The van der Waals surface area contributed by atoms with Crippen LogP contribution in [-0.4, -0.2) is 29.3 Å². The molecule has 1 aromatic heterocycles. The molecule has 0 atom stereocenters. The Hall–Kier alpha value is -2.56. The first kappa shape index (κ1) is 20.2. The number of ether oxygens (including phenoxy) is 1. The number of nitrogens with zero attached hydrogens (tertiary/aromatic N) is 2. The average molecular weight is 382 g/mol. The van der Waals surface area contributed by atoms with Crippen molar-refractivity contribution in [2.45, 2.75) is 58.4 Å². The van der Waals surface area contributed by atoms with Crippen molar-refractivity contribution in [2.75, 3.05) is 13.7 Å². The second-order valence-electron chi connectivity index (χ2n) is 7.46. The first-order chi connectivity index (χ1) is 13.6. The van der Waals surface area contributed by atoms with Gasteiger partial charge in [-0.25, -0.2) is 0 Å². The summed E-state index contributed by atoms with van der Waals surface area (Å²) in [5.41, 5.74) is 3.76. The summed E-state index contributed by atoms with van der Waals surface area (Å²) < 4.78 is 7.28. The third-order valence-electron chi connectivity index (χ3n) is 5.43. The number of amides is 1.